The minimum absolute atomic E-state index is 0.195. The van der Waals surface area contributed by atoms with Gasteiger partial charge in [-0.15, -0.1) is 0 Å². The number of piperidine rings is 1. The van der Waals surface area contributed by atoms with Crippen molar-refractivity contribution in [2.24, 2.45) is 11.8 Å². The first-order valence-corrected chi connectivity index (χ1v) is 11.7. The van der Waals surface area contributed by atoms with E-state index in [0.29, 0.717) is 24.0 Å². The van der Waals surface area contributed by atoms with Crippen LogP contribution in [0.5, 0.6) is 0 Å². The lowest BCUT2D eigenvalue weighted by molar-refractivity contribution is -0.0728. The van der Waals surface area contributed by atoms with Gasteiger partial charge in [0.1, 0.15) is 0 Å². The van der Waals surface area contributed by atoms with Crippen LogP contribution in [0.1, 0.15) is 50.9 Å². The summed E-state index contributed by atoms with van der Waals surface area (Å²) in [7, 11) is 0. The lowest BCUT2D eigenvalue weighted by Crippen LogP contribution is -2.48. The fourth-order valence-electron chi connectivity index (χ4n) is 5.25. The third-order valence-corrected chi connectivity index (χ3v) is 6.49. The lowest BCUT2D eigenvalue weighted by atomic mass is 9.95. The Kier molecular flexibility index (Phi) is 6.49. The molecule has 0 N–H and O–H groups in total. The molecular formula is C25H37N3O2. The molecule has 5 nitrogen and oxygen atoms in total. The van der Waals surface area contributed by atoms with Gasteiger partial charge in [-0.3, -0.25) is 9.69 Å². The molecule has 0 radical (unpaired) electrons. The van der Waals surface area contributed by atoms with Crippen LogP contribution in [-0.4, -0.2) is 65.2 Å². The fraction of sp³-hybridized carbons (Fsp3) is 0.640. The largest absolute Gasteiger partial charge is 0.373 e. The first kappa shape index (κ1) is 21.4. The normalized spacial score (nSPS) is 24.1. The van der Waals surface area contributed by atoms with Gasteiger partial charge in [-0.25, -0.2) is 0 Å². The Labute approximate surface area is 181 Å². The molecule has 2 aromatic rings. The summed E-state index contributed by atoms with van der Waals surface area (Å²) in [6.07, 6.45) is 4.90. The molecule has 0 aliphatic carbocycles. The maximum absolute atomic E-state index is 13.4. The van der Waals surface area contributed by atoms with E-state index < -0.39 is 0 Å². The second-order valence-electron chi connectivity index (χ2n) is 9.82. The Morgan fingerprint density at radius 1 is 1.10 bits per heavy atom. The number of rotatable bonds is 5. The van der Waals surface area contributed by atoms with E-state index in [1.165, 1.54) is 5.52 Å². The van der Waals surface area contributed by atoms with Gasteiger partial charge < -0.3 is 14.2 Å². The zero-order valence-corrected chi connectivity index (χ0v) is 19.0. The van der Waals surface area contributed by atoms with Crippen molar-refractivity contribution in [1.29, 1.82) is 0 Å². The summed E-state index contributed by atoms with van der Waals surface area (Å²) < 4.78 is 8.12. The highest BCUT2D eigenvalue weighted by Gasteiger charge is 2.29. The number of morpholine rings is 1. The summed E-state index contributed by atoms with van der Waals surface area (Å²) in [5.74, 6) is 1.42. The number of aromatic nitrogens is 1. The number of carbonyl (C=O) groups is 1. The maximum Gasteiger partial charge on any atom is 0.256 e. The van der Waals surface area contributed by atoms with Crippen LogP contribution >= 0.6 is 0 Å². The Bertz CT molecular complexity index is 856. The van der Waals surface area contributed by atoms with Crippen LogP contribution in [0.2, 0.25) is 0 Å². The molecule has 0 spiro atoms. The molecule has 0 bridgehead atoms. The maximum atomic E-state index is 13.4. The molecule has 1 amide bonds. The van der Waals surface area contributed by atoms with E-state index in [1.54, 1.807) is 0 Å². The molecule has 2 aliphatic rings. The molecule has 30 heavy (non-hydrogen) atoms. The Hall–Kier alpha value is -1.85. The average molecular weight is 412 g/mol. The number of carbonyl (C=O) groups excluding carboxylic acids is 1. The smallest absolute Gasteiger partial charge is 0.256 e. The van der Waals surface area contributed by atoms with Gasteiger partial charge in [0.2, 0.25) is 0 Å². The van der Waals surface area contributed by atoms with Gasteiger partial charge >= 0.3 is 0 Å². The number of hydrogen-bond donors (Lipinski definition) is 0. The monoisotopic (exact) mass is 411 g/mol. The summed E-state index contributed by atoms with van der Waals surface area (Å²) in [5, 5.41) is 1.08. The number of ether oxygens (including phenoxy) is 1. The topological polar surface area (TPSA) is 37.7 Å². The van der Waals surface area contributed by atoms with Gasteiger partial charge in [0.05, 0.1) is 17.8 Å². The molecule has 1 aromatic heterocycles. The summed E-state index contributed by atoms with van der Waals surface area (Å²) >= 11 is 0. The van der Waals surface area contributed by atoms with Gasteiger partial charge in [0, 0.05) is 56.4 Å². The molecule has 2 saturated heterocycles. The Balaban J connectivity index is 1.40. The van der Waals surface area contributed by atoms with Gasteiger partial charge in [0.15, 0.2) is 0 Å². The molecular weight excluding hydrogens is 374 g/mol. The van der Waals surface area contributed by atoms with E-state index in [2.05, 4.69) is 66.5 Å². The van der Waals surface area contributed by atoms with Crippen LogP contribution in [0.4, 0.5) is 0 Å². The molecule has 3 heterocycles. The number of benzene rings is 1. The average Bonchev–Trinajstić information content (AvgIpc) is 3.05. The molecule has 2 unspecified atom stereocenters. The van der Waals surface area contributed by atoms with Crippen LogP contribution in [-0.2, 0) is 11.3 Å². The molecule has 2 aliphatic heterocycles. The van der Waals surface area contributed by atoms with Gasteiger partial charge in [-0.2, -0.15) is 0 Å². The van der Waals surface area contributed by atoms with Crippen molar-refractivity contribution in [3.63, 3.8) is 0 Å². The molecule has 2 atom stereocenters. The highest BCUT2D eigenvalue weighted by Crippen LogP contribution is 2.27. The van der Waals surface area contributed by atoms with Gasteiger partial charge in [-0.1, -0.05) is 32.0 Å². The predicted molar refractivity (Wildman–Crippen MR) is 122 cm³/mol. The molecule has 1 aromatic carbocycles. The van der Waals surface area contributed by atoms with E-state index >= 15 is 0 Å². The quantitative estimate of drug-likeness (QED) is 0.738. The van der Waals surface area contributed by atoms with Gasteiger partial charge in [-0.05, 0) is 44.6 Å². The number of para-hydroxylation sites is 1. The summed E-state index contributed by atoms with van der Waals surface area (Å²) in [5.41, 5.74) is 2.03. The SMILES string of the molecule is CC(C)Cn1cc(C(=O)N2CCC(CN3CC(C)OC(C)C3)CC2)c2ccccc21. The first-order valence-electron chi connectivity index (χ1n) is 11.7. The number of hydrogen-bond acceptors (Lipinski definition) is 3. The Morgan fingerprint density at radius 2 is 1.77 bits per heavy atom. The van der Waals surface area contributed by atoms with Gasteiger partial charge in [0.25, 0.3) is 5.91 Å². The molecule has 0 saturated carbocycles. The summed E-state index contributed by atoms with van der Waals surface area (Å²) in [6, 6.07) is 8.32. The molecule has 164 valence electrons. The number of fused-ring (bicyclic) bond motifs is 1. The number of nitrogens with zero attached hydrogens (tertiary/aromatic N) is 3. The van der Waals surface area contributed by atoms with Crippen LogP contribution in [0, 0.1) is 11.8 Å². The third kappa shape index (κ3) is 4.73. The summed E-state index contributed by atoms with van der Waals surface area (Å²) in [6.45, 7) is 14.6. The number of likely N-dealkylation sites (tertiary alicyclic amines) is 1. The van der Waals surface area contributed by atoms with Crippen LogP contribution in [0.15, 0.2) is 30.5 Å². The van der Waals surface area contributed by atoms with E-state index in [1.807, 2.05) is 6.07 Å². The predicted octanol–water partition coefficient (Wildman–Crippen LogP) is 4.26. The Morgan fingerprint density at radius 3 is 2.43 bits per heavy atom. The van der Waals surface area contributed by atoms with Crippen molar-refractivity contribution >= 4 is 16.8 Å². The van der Waals surface area contributed by atoms with Crippen molar-refractivity contribution in [3.05, 3.63) is 36.0 Å². The highest BCUT2D eigenvalue weighted by atomic mass is 16.5. The zero-order valence-electron chi connectivity index (χ0n) is 19.0. The minimum atomic E-state index is 0.195. The zero-order chi connectivity index (χ0) is 21.3. The third-order valence-electron chi connectivity index (χ3n) is 6.49. The summed E-state index contributed by atoms with van der Waals surface area (Å²) in [4.78, 5) is 18.0. The first-order chi connectivity index (χ1) is 14.4. The van der Waals surface area contributed by atoms with Crippen molar-refractivity contribution < 1.29 is 9.53 Å². The molecule has 2 fully saturated rings. The molecule has 5 heteroatoms. The van der Waals surface area contributed by atoms with Crippen molar-refractivity contribution in [2.75, 3.05) is 32.7 Å². The standard InChI is InChI=1S/C25H37N3O2/c1-18(2)13-28-17-23(22-7-5-6-8-24(22)28)25(29)27-11-9-21(10-12-27)16-26-14-19(3)30-20(4)15-26/h5-8,17-21H,9-16H2,1-4H3. The van der Waals surface area contributed by atoms with Crippen molar-refractivity contribution in [3.8, 4) is 0 Å². The second-order valence-corrected chi connectivity index (χ2v) is 9.82. The van der Waals surface area contributed by atoms with Crippen molar-refractivity contribution in [1.82, 2.24) is 14.4 Å². The minimum Gasteiger partial charge on any atom is -0.373 e. The van der Waals surface area contributed by atoms with E-state index in [0.717, 1.165) is 63.1 Å². The van der Waals surface area contributed by atoms with Crippen molar-refractivity contribution in [2.45, 2.75) is 59.3 Å². The lowest BCUT2D eigenvalue weighted by Gasteiger charge is -2.39. The second kappa shape index (κ2) is 9.11. The molecule has 4 rings (SSSR count). The van der Waals surface area contributed by atoms with Crippen LogP contribution in [0.25, 0.3) is 10.9 Å². The number of amides is 1. The van der Waals surface area contributed by atoms with E-state index in [9.17, 15) is 4.79 Å². The fourth-order valence-corrected chi connectivity index (χ4v) is 5.25. The van der Waals surface area contributed by atoms with Crippen LogP contribution < -0.4 is 0 Å². The van der Waals surface area contributed by atoms with E-state index in [-0.39, 0.29) is 5.91 Å². The highest BCUT2D eigenvalue weighted by molar-refractivity contribution is 6.07. The van der Waals surface area contributed by atoms with E-state index in [4.69, 9.17) is 4.74 Å². The van der Waals surface area contributed by atoms with Crippen LogP contribution in [0.3, 0.4) is 0 Å².